The van der Waals surface area contributed by atoms with Crippen LogP contribution in [0.4, 0.5) is 0 Å². The van der Waals surface area contributed by atoms with Crippen molar-refractivity contribution < 1.29 is 19.4 Å². The fourth-order valence-electron chi connectivity index (χ4n) is 2.27. The van der Waals surface area contributed by atoms with Gasteiger partial charge in [-0.05, 0) is 18.6 Å². The van der Waals surface area contributed by atoms with Gasteiger partial charge in [0, 0.05) is 31.7 Å². The molecule has 7 heteroatoms. The summed E-state index contributed by atoms with van der Waals surface area (Å²) < 4.78 is 4.90. The van der Waals surface area contributed by atoms with E-state index in [0.717, 1.165) is 17.8 Å². The number of rotatable bonds is 5. The fraction of sp³-hybridized carbons (Fsp3) is 0.500. The van der Waals surface area contributed by atoms with Gasteiger partial charge in [0.25, 0.3) is 0 Å². The van der Waals surface area contributed by atoms with E-state index in [4.69, 9.17) is 9.84 Å². The summed E-state index contributed by atoms with van der Waals surface area (Å²) in [7, 11) is 0. The first-order valence-corrected chi connectivity index (χ1v) is 6.70. The van der Waals surface area contributed by atoms with Crippen LogP contribution in [0.1, 0.15) is 35.1 Å². The molecule has 0 spiro atoms. The molecule has 2 heterocycles. The Hall–Kier alpha value is -1.66. The molecule has 1 aliphatic rings. The van der Waals surface area contributed by atoms with E-state index in [0.29, 0.717) is 32.5 Å². The molecule has 2 rings (SSSR count). The Kier molecular flexibility index (Phi) is 6.58. The van der Waals surface area contributed by atoms with Gasteiger partial charge in [0.1, 0.15) is 5.69 Å². The number of nitrogens with zero attached hydrogens (tertiary/aromatic N) is 2. The van der Waals surface area contributed by atoms with Crippen LogP contribution in [0.3, 0.4) is 0 Å². The van der Waals surface area contributed by atoms with Gasteiger partial charge < -0.3 is 9.84 Å². The van der Waals surface area contributed by atoms with Crippen LogP contribution in [-0.4, -0.2) is 46.6 Å². The molecule has 116 valence electrons. The number of carboxylic acids is 1. The van der Waals surface area contributed by atoms with Crippen LogP contribution in [0.15, 0.2) is 12.1 Å². The van der Waals surface area contributed by atoms with Crippen molar-refractivity contribution in [2.24, 2.45) is 0 Å². The van der Waals surface area contributed by atoms with E-state index in [1.54, 1.807) is 6.92 Å². The third-order valence-corrected chi connectivity index (χ3v) is 3.28. The first kappa shape index (κ1) is 17.4. The Morgan fingerprint density at radius 3 is 2.86 bits per heavy atom. The standard InChI is InChI=1S/C14H18N2O4.ClH/c1-2-20-13(17)6-8-16-7-5-11-10(9-16)3-4-12(15-11)14(18)19;/h3-4H,2,5-9H2,1H3,(H,18,19);1H. The number of carbonyl (C=O) groups is 2. The van der Waals surface area contributed by atoms with E-state index in [1.165, 1.54) is 6.07 Å². The van der Waals surface area contributed by atoms with E-state index in [1.807, 2.05) is 6.07 Å². The molecule has 0 unspecified atom stereocenters. The van der Waals surface area contributed by atoms with Crippen molar-refractivity contribution >= 4 is 24.3 Å². The molecule has 6 nitrogen and oxygen atoms in total. The molecule has 1 aromatic rings. The minimum Gasteiger partial charge on any atom is -0.477 e. The number of carboxylic acid groups (broad SMARTS) is 1. The first-order valence-electron chi connectivity index (χ1n) is 6.70. The zero-order valence-electron chi connectivity index (χ0n) is 11.9. The maximum absolute atomic E-state index is 11.3. The van der Waals surface area contributed by atoms with Crippen molar-refractivity contribution in [3.05, 3.63) is 29.1 Å². The largest absolute Gasteiger partial charge is 0.477 e. The van der Waals surface area contributed by atoms with Crippen molar-refractivity contribution in [1.29, 1.82) is 0 Å². The number of aromatic carboxylic acids is 1. The maximum Gasteiger partial charge on any atom is 0.354 e. The molecule has 0 aliphatic carbocycles. The minimum atomic E-state index is -1.00. The van der Waals surface area contributed by atoms with E-state index in [9.17, 15) is 9.59 Å². The Labute approximate surface area is 129 Å². The van der Waals surface area contributed by atoms with Crippen molar-refractivity contribution in [3.8, 4) is 0 Å². The minimum absolute atomic E-state index is 0. The van der Waals surface area contributed by atoms with Crippen molar-refractivity contribution in [3.63, 3.8) is 0 Å². The summed E-state index contributed by atoms with van der Waals surface area (Å²) in [5.41, 5.74) is 1.96. The zero-order valence-corrected chi connectivity index (χ0v) is 12.7. The van der Waals surface area contributed by atoms with Gasteiger partial charge >= 0.3 is 11.9 Å². The molecule has 21 heavy (non-hydrogen) atoms. The van der Waals surface area contributed by atoms with Crippen molar-refractivity contribution in [2.75, 3.05) is 19.7 Å². The summed E-state index contributed by atoms with van der Waals surface area (Å²) in [5.74, 6) is -1.19. The molecule has 1 aliphatic heterocycles. The summed E-state index contributed by atoms with van der Waals surface area (Å²) in [6.07, 6.45) is 1.09. The lowest BCUT2D eigenvalue weighted by atomic mass is 10.0. The van der Waals surface area contributed by atoms with Gasteiger partial charge in [-0.3, -0.25) is 9.69 Å². The van der Waals surface area contributed by atoms with Gasteiger partial charge in [0.2, 0.25) is 0 Å². The number of pyridine rings is 1. The lowest BCUT2D eigenvalue weighted by Crippen LogP contribution is -2.33. The number of aromatic nitrogens is 1. The predicted molar refractivity (Wildman–Crippen MR) is 78.7 cm³/mol. The zero-order chi connectivity index (χ0) is 14.5. The molecule has 0 saturated carbocycles. The fourth-order valence-corrected chi connectivity index (χ4v) is 2.27. The molecule has 0 saturated heterocycles. The quantitative estimate of drug-likeness (QED) is 0.830. The van der Waals surface area contributed by atoms with Gasteiger partial charge in [-0.25, -0.2) is 9.78 Å². The lowest BCUT2D eigenvalue weighted by molar-refractivity contribution is -0.143. The summed E-state index contributed by atoms with van der Waals surface area (Å²) in [5, 5.41) is 8.91. The highest BCUT2D eigenvalue weighted by Crippen LogP contribution is 2.18. The molecule has 1 N–H and O–H groups in total. The maximum atomic E-state index is 11.3. The molecular weight excluding hydrogens is 296 g/mol. The molecule has 0 fully saturated rings. The molecule has 0 bridgehead atoms. The Morgan fingerprint density at radius 1 is 1.43 bits per heavy atom. The van der Waals surface area contributed by atoms with Crippen LogP contribution in [0.2, 0.25) is 0 Å². The second kappa shape index (κ2) is 7.95. The lowest BCUT2D eigenvalue weighted by Gasteiger charge is -2.27. The summed E-state index contributed by atoms with van der Waals surface area (Å²) in [4.78, 5) is 28.5. The van der Waals surface area contributed by atoms with E-state index >= 15 is 0 Å². The van der Waals surface area contributed by atoms with Crippen LogP contribution >= 0.6 is 12.4 Å². The number of carbonyl (C=O) groups excluding carboxylic acids is 1. The highest BCUT2D eigenvalue weighted by Gasteiger charge is 2.19. The Bertz CT molecular complexity index is 522. The SMILES string of the molecule is CCOC(=O)CCN1CCc2nc(C(=O)O)ccc2C1.Cl. The number of ether oxygens (including phenoxy) is 1. The van der Waals surface area contributed by atoms with Crippen LogP contribution in [-0.2, 0) is 22.5 Å². The van der Waals surface area contributed by atoms with E-state index < -0.39 is 5.97 Å². The van der Waals surface area contributed by atoms with E-state index in [2.05, 4.69) is 9.88 Å². The number of halogens is 1. The van der Waals surface area contributed by atoms with Crippen molar-refractivity contribution in [1.82, 2.24) is 9.88 Å². The third-order valence-electron chi connectivity index (χ3n) is 3.28. The van der Waals surface area contributed by atoms with Gasteiger partial charge in [-0.1, -0.05) is 6.07 Å². The monoisotopic (exact) mass is 314 g/mol. The van der Waals surface area contributed by atoms with Crippen molar-refractivity contribution in [2.45, 2.75) is 26.3 Å². The topological polar surface area (TPSA) is 79.7 Å². The molecule has 0 atom stereocenters. The number of esters is 1. The van der Waals surface area contributed by atoms with Gasteiger partial charge in [0.05, 0.1) is 13.0 Å². The number of hydrogen-bond acceptors (Lipinski definition) is 5. The van der Waals surface area contributed by atoms with Crippen LogP contribution in [0.5, 0.6) is 0 Å². The van der Waals surface area contributed by atoms with Gasteiger partial charge in [-0.15, -0.1) is 12.4 Å². The smallest absolute Gasteiger partial charge is 0.354 e. The first-order chi connectivity index (χ1) is 9.60. The third kappa shape index (κ3) is 4.68. The summed E-state index contributed by atoms with van der Waals surface area (Å²) in [6.45, 7) is 4.33. The molecule has 1 aromatic heterocycles. The normalized spacial score (nSPS) is 14.0. The van der Waals surface area contributed by atoms with Crippen LogP contribution in [0.25, 0.3) is 0 Å². The average molecular weight is 315 g/mol. The number of fused-ring (bicyclic) bond motifs is 1. The van der Waals surface area contributed by atoms with Gasteiger partial charge in [0.15, 0.2) is 0 Å². The van der Waals surface area contributed by atoms with Gasteiger partial charge in [-0.2, -0.15) is 0 Å². The Morgan fingerprint density at radius 2 is 2.19 bits per heavy atom. The number of hydrogen-bond donors (Lipinski definition) is 1. The summed E-state index contributed by atoms with van der Waals surface area (Å²) in [6, 6.07) is 3.33. The van der Waals surface area contributed by atoms with Crippen LogP contribution in [0, 0.1) is 0 Å². The Balaban J connectivity index is 0.00000220. The molecule has 0 radical (unpaired) electrons. The molecule has 0 amide bonds. The molecule has 0 aromatic carbocycles. The second-order valence-corrected chi connectivity index (χ2v) is 4.69. The highest BCUT2D eigenvalue weighted by atomic mass is 35.5. The van der Waals surface area contributed by atoms with E-state index in [-0.39, 0.29) is 24.1 Å². The predicted octanol–water partition coefficient (Wildman–Crippen LogP) is 1.51. The second-order valence-electron chi connectivity index (χ2n) is 4.69. The average Bonchev–Trinajstić information content (AvgIpc) is 2.44. The molecular formula is C14H19ClN2O4. The summed E-state index contributed by atoms with van der Waals surface area (Å²) >= 11 is 0. The van der Waals surface area contributed by atoms with Crippen LogP contribution < -0.4 is 0 Å². The highest BCUT2D eigenvalue weighted by molar-refractivity contribution is 5.85.